The Morgan fingerprint density at radius 2 is 1.86 bits per heavy atom. The number of hydrogen-bond donors (Lipinski definition) is 2. The topological polar surface area (TPSA) is 70.7 Å². The molecule has 0 saturated carbocycles. The number of anilines is 2. The maximum atomic E-state index is 12.8. The molecule has 1 atom stereocenters. The van der Waals surface area contributed by atoms with Crippen LogP contribution >= 0.6 is 0 Å². The molecule has 29 heavy (non-hydrogen) atoms. The largest absolute Gasteiger partial charge is 0.494 e. The van der Waals surface area contributed by atoms with E-state index in [0.717, 1.165) is 25.3 Å². The highest BCUT2D eigenvalue weighted by atomic mass is 16.5. The van der Waals surface area contributed by atoms with E-state index in [1.165, 1.54) is 6.42 Å². The standard InChI is InChI=1S/C23H29N3O3/c1-3-29-19-12-10-18(11-13-19)24-23(28)20-8-4-5-9-21(20)25-22(27)16-26-14-6-7-17(2)15-26/h4-5,8-13,17H,3,6-7,14-16H2,1-2H3,(H,24,28)(H,25,27)/t17-/m1/s1. The molecule has 1 aliphatic heterocycles. The van der Waals surface area contributed by atoms with Crippen molar-refractivity contribution in [3.63, 3.8) is 0 Å². The van der Waals surface area contributed by atoms with Gasteiger partial charge >= 0.3 is 0 Å². The van der Waals surface area contributed by atoms with Crippen molar-refractivity contribution in [1.29, 1.82) is 0 Å². The third-order valence-corrected chi connectivity index (χ3v) is 4.98. The first-order chi connectivity index (χ1) is 14.0. The van der Waals surface area contributed by atoms with Gasteiger partial charge in [-0.25, -0.2) is 0 Å². The van der Waals surface area contributed by atoms with Gasteiger partial charge < -0.3 is 15.4 Å². The maximum Gasteiger partial charge on any atom is 0.257 e. The molecule has 0 aliphatic carbocycles. The smallest absolute Gasteiger partial charge is 0.257 e. The van der Waals surface area contributed by atoms with Crippen molar-refractivity contribution < 1.29 is 14.3 Å². The SMILES string of the molecule is CCOc1ccc(NC(=O)c2ccccc2NC(=O)CN2CCC[C@@H](C)C2)cc1. The number of carbonyl (C=O) groups is 2. The van der Waals surface area contributed by atoms with Crippen molar-refractivity contribution in [3.8, 4) is 5.75 Å². The molecule has 1 saturated heterocycles. The summed E-state index contributed by atoms with van der Waals surface area (Å²) in [7, 11) is 0. The average Bonchev–Trinajstić information content (AvgIpc) is 2.70. The molecule has 0 bridgehead atoms. The summed E-state index contributed by atoms with van der Waals surface area (Å²) in [5.41, 5.74) is 1.62. The van der Waals surface area contributed by atoms with Crippen LogP contribution in [0.25, 0.3) is 0 Å². The zero-order valence-corrected chi connectivity index (χ0v) is 17.1. The van der Waals surface area contributed by atoms with Crippen molar-refractivity contribution in [2.75, 3.05) is 36.9 Å². The summed E-state index contributed by atoms with van der Waals surface area (Å²) in [5.74, 6) is 1.01. The van der Waals surface area contributed by atoms with Crippen LogP contribution < -0.4 is 15.4 Å². The van der Waals surface area contributed by atoms with Crippen LogP contribution in [0.1, 0.15) is 37.0 Å². The lowest BCUT2D eigenvalue weighted by Gasteiger charge is -2.30. The molecule has 2 N–H and O–H groups in total. The van der Waals surface area contributed by atoms with Crippen molar-refractivity contribution in [1.82, 2.24) is 4.90 Å². The second-order valence-electron chi connectivity index (χ2n) is 7.49. The molecule has 2 aromatic carbocycles. The summed E-state index contributed by atoms with van der Waals surface area (Å²) in [5, 5.41) is 5.78. The van der Waals surface area contributed by atoms with E-state index in [0.29, 0.717) is 36.0 Å². The average molecular weight is 396 g/mol. The number of nitrogens with one attached hydrogen (secondary N) is 2. The quantitative estimate of drug-likeness (QED) is 0.743. The van der Waals surface area contributed by atoms with Crippen LogP contribution in [0.2, 0.25) is 0 Å². The van der Waals surface area contributed by atoms with Gasteiger partial charge in [-0.05, 0) is 68.6 Å². The highest BCUT2D eigenvalue weighted by Crippen LogP contribution is 2.20. The molecule has 0 aromatic heterocycles. The van der Waals surface area contributed by atoms with Crippen LogP contribution in [0.4, 0.5) is 11.4 Å². The third-order valence-electron chi connectivity index (χ3n) is 4.98. The van der Waals surface area contributed by atoms with E-state index in [2.05, 4.69) is 22.5 Å². The molecule has 6 heteroatoms. The minimum absolute atomic E-state index is 0.0968. The van der Waals surface area contributed by atoms with Crippen LogP contribution in [0.5, 0.6) is 5.75 Å². The van der Waals surface area contributed by atoms with E-state index >= 15 is 0 Å². The lowest BCUT2D eigenvalue weighted by Crippen LogP contribution is -2.39. The minimum atomic E-state index is -0.267. The van der Waals surface area contributed by atoms with Gasteiger partial charge in [0, 0.05) is 12.2 Å². The van der Waals surface area contributed by atoms with Gasteiger partial charge in [-0.15, -0.1) is 0 Å². The van der Waals surface area contributed by atoms with E-state index in [-0.39, 0.29) is 11.8 Å². The highest BCUT2D eigenvalue weighted by molar-refractivity contribution is 6.10. The molecule has 1 heterocycles. The number of nitrogens with zero attached hydrogens (tertiary/aromatic N) is 1. The summed E-state index contributed by atoms with van der Waals surface area (Å²) in [6, 6.07) is 14.3. The fourth-order valence-corrected chi connectivity index (χ4v) is 3.61. The number of carbonyl (C=O) groups excluding carboxylic acids is 2. The monoisotopic (exact) mass is 395 g/mol. The molecule has 2 aromatic rings. The van der Waals surface area contributed by atoms with Crippen LogP contribution in [-0.4, -0.2) is 43.0 Å². The molecule has 2 amide bonds. The Balaban J connectivity index is 1.63. The molecular weight excluding hydrogens is 366 g/mol. The molecule has 1 aliphatic rings. The summed E-state index contributed by atoms with van der Waals surface area (Å²) >= 11 is 0. The first kappa shape index (κ1) is 20.9. The van der Waals surface area contributed by atoms with Crippen molar-refractivity contribution in [3.05, 3.63) is 54.1 Å². The zero-order valence-electron chi connectivity index (χ0n) is 17.1. The Bertz CT molecular complexity index is 836. The van der Waals surface area contributed by atoms with E-state index in [1.807, 2.05) is 25.1 Å². The molecule has 1 fully saturated rings. The Morgan fingerprint density at radius 3 is 2.59 bits per heavy atom. The Hall–Kier alpha value is -2.86. The van der Waals surface area contributed by atoms with Gasteiger partial charge in [0.05, 0.1) is 24.4 Å². The lowest BCUT2D eigenvalue weighted by atomic mass is 10.0. The first-order valence-corrected chi connectivity index (χ1v) is 10.2. The summed E-state index contributed by atoms with van der Waals surface area (Å²) in [4.78, 5) is 27.4. The second kappa shape index (κ2) is 10.1. The zero-order chi connectivity index (χ0) is 20.6. The maximum absolute atomic E-state index is 12.8. The predicted octanol–water partition coefficient (Wildman–Crippen LogP) is 4.01. The Morgan fingerprint density at radius 1 is 1.10 bits per heavy atom. The number of ether oxygens (including phenoxy) is 1. The van der Waals surface area contributed by atoms with E-state index < -0.39 is 0 Å². The van der Waals surface area contributed by atoms with E-state index in [9.17, 15) is 9.59 Å². The Labute approximate surface area is 172 Å². The fraction of sp³-hybridized carbons (Fsp3) is 0.391. The number of benzene rings is 2. The molecular formula is C23H29N3O3. The van der Waals surface area contributed by atoms with Gasteiger partial charge in [0.1, 0.15) is 5.75 Å². The van der Waals surface area contributed by atoms with Gasteiger partial charge in [0.2, 0.25) is 5.91 Å². The van der Waals surface area contributed by atoms with E-state index in [4.69, 9.17) is 4.74 Å². The van der Waals surface area contributed by atoms with E-state index in [1.54, 1.807) is 30.3 Å². The molecule has 0 unspecified atom stereocenters. The Kier molecular flexibility index (Phi) is 7.25. The van der Waals surface area contributed by atoms with Crippen LogP contribution in [-0.2, 0) is 4.79 Å². The summed E-state index contributed by atoms with van der Waals surface area (Å²) in [6.45, 7) is 6.95. The molecule has 3 rings (SSSR count). The third kappa shape index (κ3) is 6.06. The van der Waals surface area contributed by atoms with Crippen molar-refractivity contribution >= 4 is 23.2 Å². The lowest BCUT2D eigenvalue weighted by molar-refractivity contribution is -0.117. The van der Waals surface area contributed by atoms with Crippen molar-refractivity contribution in [2.45, 2.75) is 26.7 Å². The first-order valence-electron chi connectivity index (χ1n) is 10.2. The van der Waals surface area contributed by atoms with Gasteiger partial charge in [0.15, 0.2) is 0 Å². The minimum Gasteiger partial charge on any atom is -0.494 e. The van der Waals surface area contributed by atoms with Gasteiger partial charge in [0.25, 0.3) is 5.91 Å². The molecule has 0 spiro atoms. The number of para-hydroxylation sites is 1. The van der Waals surface area contributed by atoms with Gasteiger partial charge in [-0.2, -0.15) is 0 Å². The van der Waals surface area contributed by atoms with Crippen molar-refractivity contribution in [2.24, 2.45) is 5.92 Å². The fourth-order valence-electron chi connectivity index (χ4n) is 3.61. The number of rotatable bonds is 7. The number of hydrogen-bond acceptors (Lipinski definition) is 4. The summed E-state index contributed by atoms with van der Waals surface area (Å²) < 4.78 is 5.42. The summed E-state index contributed by atoms with van der Waals surface area (Å²) in [6.07, 6.45) is 2.34. The highest BCUT2D eigenvalue weighted by Gasteiger charge is 2.20. The normalized spacial score (nSPS) is 16.8. The molecule has 6 nitrogen and oxygen atoms in total. The number of likely N-dealkylation sites (tertiary alicyclic amines) is 1. The van der Waals surface area contributed by atoms with Crippen LogP contribution in [0.15, 0.2) is 48.5 Å². The van der Waals surface area contributed by atoms with Gasteiger partial charge in [-0.1, -0.05) is 19.1 Å². The number of amides is 2. The number of piperidine rings is 1. The van der Waals surface area contributed by atoms with Crippen LogP contribution in [0.3, 0.4) is 0 Å². The second-order valence-corrected chi connectivity index (χ2v) is 7.49. The van der Waals surface area contributed by atoms with Crippen LogP contribution in [0, 0.1) is 5.92 Å². The van der Waals surface area contributed by atoms with Gasteiger partial charge in [-0.3, -0.25) is 14.5 Å². The predicted molar refractivity (Wildman–Crippen MR) is 115 cm³/mol. The molecule has 0 radical (unpaired) electrons. The molecule has 154 valence electrons.